The van der Waals surface area contributed by atoms with Crippen molar-refractivity contribution in [1.29, 1.82) is 0 Å². The average molecular weight is 441 g/mol. The fraction of sp³-hybridized carbons (Fsp3) is 0.318. The van der Waals surface area contributed by atoms with Crippen molar-refractivity contribution in [2.45, 2.75) is 31.9 Å². The smallest absolute Gasteiger partial charge is 0.387 e. The van der Waals surface area contributed by atoms with Crippen LogP contribution in [0.25, 0.3) is 11.3 Å². The normalized spacial score (nSPS) is 14.0. The molecule has 0 bridgehead atoms. The minimum absolute atomic E-state index is 0.229. The fourth-order valence-corrected chi connectivity index (χ4v) is 3.78. The summed E-state index contributed by atoms with van der Waals surface area (Å²) in [6.07, 6.45) is 1.09. The molecule has 1 aliphatic carbocycles. The third kappa shape index (κ3) is 4.39. The molecule has 0 amide bonds. The van der Waals surface area contributed by atoms with E-state index in [4.69, 9.17) is 5.73 Å². The predicted molar refractivity (Wildman–Crippen MR) is 116 cm³/mol. The standard InChI is InChI=1S/C22H22F3N7/c1-27-9-8-18(26)29-21-28-12-14-6-7-16-19(20(14)30-21)17(32(2)31-16)11-13-4-3-5-15(10-13)22(23,24)25/h3-5,9-10,12H,6-8,11H2,1-2H3,(H2,26,28,29,30). The number of hydrogen-bond acceptors (Lipinski definition) is 5. The van der Waals surface area contributed by atoms with E-state index in [1.807, 2.05) is 0 Å². The molecule has 32 heavy (non-hydrogen) atoms. The minimum atomic E-state index is -4.39. The number of nitrogens with two attached hydrogens (primary N) is 1. The van der Waals surface area contributed by atoms with E-state index in [9.17, 15) is 13.2 Å². The van der Waals surface area contributed by atoms with Crippen molar-refractivity contribution in [3.8, 4) is 11.3 Å². The van der Waals surface area contributed by atoms with E-state index in [0.717, 1.165) is 35.0 Å². The second kappa shape index (κ2) is 8.52. The number of fused-ring (bicyclic) bond motifs is 3. The molecular formula is C22H22F3N7. The van der Waals surface area contributed by atoms with Gasteiger partial charge in [0.05, 0.1) is 22.6 Å². The lowest BCUT2D eigenvalue weighted by molar-refractivity contribution is -0.137. The van der Waals surface area contributed by atoms with Crippen molar-refractivity contribution in [2.24, 2.45) is 22.8 Å². The highest BCUT2D eigenvalue weighted by Gasteiger charge is 2.31. The molecule has 4 rings (SSSR count). The van der Waals surface area contributed by atoms with Gasteiger partial charge in [-0.25, -0.2) is 9.97 Å². The number of halogens is 3. The molecular weight excluding hydrogens is 419 g/mol. The van der Waals surface area contributed by atoms with Crippen molar-refractivity contribution >= 4 is 18.0 Å². The number of aryl methyl sites for hydroxylation is 3. The summed E-state index contributed by atoms with van der Waals surface area (Å²) in [5, 5.41) is 4.60. The Bertz CT molecular complexity index is 1210. The number of aromatic nitrogens is 4. The largest absolute Gasteiger partial charge is 0.416 e. The third-order valence-corrected chi connectivity index (χ3v) is 5.31. The number of benzene rings is 1. The Hall–Kier alpha value is -3.56. The topological polar surface area (TPSA) is 94.3 Å². The Balaban J connectivity index is 1.74. The molecule has 166 valence electrons. The molecule has 2 heterocycles. The van der Waals surface area contributed by atoms with Crippen LogP contribution in [-0.2, 0) is 32.5 Å². The summed E-state index contributed by atoms with van der Waals surface area (Å²) in [5.41, 5.74) is 9.93. The first-order valence-corrected chi connectivity index (χ1v) is 10.1. The highest BCUT2D eigenvalue weighted by Crippen LogP contribution is 2.36. The van der Waals surface area contributed by atoms with Gasteiger partial charge in [0.1, 0.15) is 5.84 Å². The molecule has 10 heteroatoms. The number of amidine groups is 1. The van der Waals surface area contributed by atoms with Crippen LogP contribution in [-0.4, -0.2) is 38.8 Å². The van der Waals surface area contributed by atoms with Crippen LogP contribution in [0.1, 0.15) is 34.5 Å². The molecule has 0 saturated carbocycles. The number of nitrogens with zero attached hydrogens (tertiary/aromatic N) is 6. The highest BCUT2D eigenvalue weighted by molar-refractivity contribution is 5.93. The molecule has 1 aliphatic rings. The molecule has 1 aromatic carbocycles. The number of aliphatic imine (C=N–C) groups is 2. The Kier molecular flexibility index (Phi) is 5.77. The summed E-state index contributed by atoms with van der Waals surface area (Å²) in [6, 6.07) is 5.35. The molecule has 0 radical (unpaired) electrons. The van der Waals surface area contributed by atoms with Gasteiger partial charge >= 0.3 is 6.18 Å². The third-order valence-electron chi connectivity index (χ3n) is 5.31. The fourth-order valence-electron chi connectivity index (χ4n) is 3.78. The van der Waals surface area contributed by atoms with Gasteiger partial charge in [-0.05, 0) is 30.0 Å². The van der Waals surface area contributed by atoms with Crippen LogP contribution >= 0.6 is 0 Å². The van der Waals surface area contributed by atoms with E-state index in [1.54, 1.807) is 37.3 Å². The molecule has 2 N–H and O–H groups in total. The zero-order valence-corrected chi connectivity index (χ0v) is 17.7. The summed E-state index contributed by atoms with van der Waals surface area (Å²) in [5.74, 6) is 0.564. The van der Waals surface area contributed by atoms with Crippen molar-refractivity contribution in [3.63, 3.8) is 0 Å². The Morgan fingerprint density at radius 2 is 2.09 bits per heavy atom. The van der Waals surface area contributed by atoms with E-state index in [1.165, 1.54) is 12.1 Å². The Morgan fingerprint density at radius 3 is 2.84 bits per heavy atom. The molecule has 0 atom stereocenters. The van der Waals surface area contributed by atoms with Gasteiger partial charge in [0.15, 0.2) is 0 Å². The summed E-state index contributed by atoms with van der Waals surface area (Å²) >= 11 is 0. The minimum Gasteiger partial charge on any atom is -0.387 e. The van der Waals surface area contributed by atoms with Crippen LogP contribution in [0.5, 0.6) is 0 Å². The molecule has 0 spiro atoms. The first-order chi connectivity index (χ1) is 15.3. The summed E-state index contributed by atoms with van der Waals surface area (Å²) in [4.78, 5) is 17.1. The van der Waals surface area contributed by atoms with Crippen LogP contribution in [0.3, 0.4) is 0 Å². The van der Waals surface area contributed by atoms with Crippen molar-refractivity contribution in [2.75, 3.05) is 7.05 Å². The van der Waals surface area contributed by atoms with Gasteiger partial charge in [0.25, 0.3) is 5.95 Å². The predicted octanol–water partition coefficient (Wildman–Crippen LogP) is 3.66. The van der Waals surface area contributed by atoms with Crippen LogP contribution in [0.15, 0.2) is 40.4 Å². The zero-order chi connectivity index (χ0) is 22.9. The van der Waals surface area contributed by atoms with E-state index < -0.39 is 11.7 Å². The van der Waals surface area contributed by atoms with E-state index in [0.29, 0.717) is 36.4 Å². The van der Waals surface area contributed by atoms with E-state index in [2.05, 4.69) is 25.1 Å². The van der Waals surface area contributed by atoms with Gasteiger partial charge in [0, 0.05) is 44.9 Å². The molecule has 0 fully saturated rings. The number of rotatable bonds is 5. The maximum absolute atomic E-state index is 13.2. The van der Waals surface area contributed by atoms with Crippen molar-refractivity contribution in [1.82, 2.24) is 19.7 Å². The van der Waals surface area contributed by atoms with Gasteiger partial charge in [-0.3, -0.25) is 4.68 Å². The molecule has 0 aliphatic heterocycles. The van der Waals surface area contributed by atoms with E-state index >= 15 is 0 Å². The second-order valence-corrected chi connectivity index (χ2v) is 7.56. The number of hydrogen-bond donors (Lipinski definition) is 1. The van der Waals surface area contributed by atoms with Gasteiger partial charge in [0.2, 0.25) is 0 Å². The van der Waals surface area contributed by atoms with Gasteiger partial charge in [-0.1, -0.05) is 18.2 Å². The average Bonchev–Trinajstić information content (AvgIpc) is 3.07. The summed E-state index contributed by atoms with van der Waals surface area (Å²) in [7, 11) is 3.45. The van der Waals surface area contributed by atoms with Gasteiger partial charge < -0.3 is 10.7 Å². The molecule has 3 aromatic rings. The van der Waals surface area contributed by atoms with E-state index in [-0.39, 0.29) is 5.95 Å². The second-order valence-electron chi connectivity index (χ2n) is 7.56. The zero-order valence-electron chi connectivity index (χ0n) is 17.7. The number of alkyl halides is 3. The first kappa shape index (κ1) is 21.7. The lowest BCUT2D eigenvalue weighted by atomic mass is 9.91. The van der Waals surface area contributed by atoms with Gasteiger partial charge in [-0.15, -0.1) is 0 Å². The molecule has 7 nitrogen and oxygen atoms in total. The lowest BCUT2D eigenvalue weighted by Crippen LogP contribution is -2.12. The van der Waals surface area contributed by atoms with Crippen molar-refractivity contribution in [3.05, 3.63) is 58.5 Å². The molecule has 2 aromatic heterocycles. The van der Waals surface area contributed by atoms with Crippen LogP contribution in [0, 0.1) is 0 Å². The lowest BCUT2D eigenvalue weighted by Gasteiger charge is -2.16. The summed E-state index contributed by atoms with van der Waals surface area (Å²) in [6.45, 7) is 0. The highest BCUT2D eigenvalue weighted by atomic mass is 19.4. The van der Waals surface area contributed by atoms with Gasteiger partial charge in [-0.2, -0.15) is 23.3 Å². The Labute approximate surface area is 182 Å². The maximum atomic E-state index is 13.2. The molecule has 0 saturated heterocycles. The first-order valence-electron chi connectivity index (χ1n) is 10.1. The monoisotopic (exact) mass is 441 g/mol. The van der Waals surface area contributed by atoms with Crippen LogP contribution < -0.4 is 5.73 Å². The van der Waals surface area contributed by atoms with Crippen LogP contribution in [0.2, 0.25) is 0 Å². The van der Waals surface area contributed by atoms with Crippen LogP contribution in [0.4, 0.5) is 19.1 Å². The SMILES string of the molecule is CN=CCC(N)=Nc1ncc2c(n1)-c1c(nn(C)c1Cc1cccc(C(F)(F)F)c1)CC2. The summed E-state index contributed by atoms with van der Waals surface area (Å²) < 4.78 is 41.2. The Morgan fingerprint density at radius 1 is 1.28 bits per heavy atom. The van der Waals surface area contributed by atoms with Crippen molar-refractivity contribution < 1.29 is 13.2 Å². The maximum Gasteiger partial charge on any atom is 0.416 e. The molecule has 0 unspecified atom stereocenters. The quantitative estimate of drug-likeness (QED) is 0.483.